The molecule has 0 saturated heterocycles. The first-order valence-electron chi connectivity index (χ1n) is 7.40. The standard InChI is InChI=1S/C15H26O3SSi/c1-6-11-9-14(19(16,17)18)15(20-10(4)5)13(8-3)12(11)7-2/h9-10H,6-8,20H2,1-5H3,(H,16,17,18). The van der Waals surface area contributed by atoms with E-state index in [-0.39, 0.29) is 4.90 Å². The maximum Gasteiger partial charge on any atom is 0.294 e. The van der Waals surface area contributed by atoms with Crippen molar-refractivity contribution in [1.29, 1.82) is 0 Å². The first kappa shape index (κ1) is 17.4. The minimum atomic E-state index is -4.13. The predicted molar refractivity (Wildman–Crippen MR) is 87.7 cm³/mol. The summed E-state index contributed by atoms with van der Waals surface area (Å²) in [6.07, 6.45) is 2.54. The van der Waals surface area contributed by atoms with Crippen LogP contribution in [-0.4, -0.2) is 22.5 Å². The van der Waals surface area contributed by atoms with Crippen molar-refractivity contribution in [2.45, 2.75) is 64.3 Å². The first-order chi connectivity index (χ1) is 9.26. The second kappa shape index (κ2) is 6.87. The highest BCUT2D eigenvalue weighted by Crippen LogP contribution is 2.22. The lowest BCUT2D eigenvalue weighted by atomic mass is 9.95. The van der Waals surface area contributed by atoms with Crippen LogP contribution in [0.3, 0.4) is 0 Å². The molecule has 0 saturated carbocycles. The van der Waals surface area contributed by atoms with Crippen LogP contribution in [0.2, 0.25) is 5.54 Å². The van der Waals surface area contributed by atoms with Gasteiger partial charge >= 0.3 is 0 Å². The van der Waals surface area contributed by atoms with Crippen LogP contribution < -0.4 is 5.19 Å². The molecule has 1 N–H and O–H groups in total. The predicted octanol–water partition coefficient (Wildman–Crippen LogP) is 2.24. The lowest BCUT2D eigenvalue weighted by Gasteiger charge is -2.20. The van der Waals surface area contributed by atoms with Gasteiger partial charge in [0.05, 0.1) is 14.4 Å². The molecular weight excluding hydrogens is 288 g/mol. The van der Waals surface area contributed by atoms with Crippen molar-refractivity contribution in [3.63, 3.8) is 0 Å². The average molecular weight is 315 g/mol. The van der Waals surface area contributed by atoms with Crippen LogP contribution in [0, 0.1) is 0 Å². The Kier molecular flexibility index (Phi) is 5.98. The van der Waals surface area contributed by atoms with Crippen molar-refractivity contribution in [3.05, 3.63) is 22.8 Å². The van der Waals surface area contributed by atoms with E-state index in [0.717, 1.165) is 30.0 Å². The number of rotatable bonds is 6. The normalized spacial score (nSPS) is 12.8. The van der Waals surface area contributed by atoms with Crippen molar-refractivity contribution in [3.8, 4) is 0 Å². The monoisotopic (exact) mass is 314 g/mol. The minimum absolute atomic E-state index is 0.170. The van der Waals surface area contributed by atoms with Gasteiger partial charge in [0, 0.05) is 0 Å². The molecule has 0 spiro atoms. The van der Waals surface area contributed by atoms with E-state index in [1.165, 1.54) is 11.1 Å². The minimum Gasteiger partial charge on any atom is -0.282 e. The fraction of sp³-hybridized carbons (Fsp3) is 0.600. The summed E-state index contributed by atoms with van der Waals surface area (Å²) in [5.74, 6) is 0. The Hall–Kier alpha value is -0.653. The Balaban J connectivity index is 3.74. The van der Waals surface area contributed by atoms with Gasteiger partial charge in [-0.3, -0.25) is 4.55 Å². The molecule has 0 bridgehead atoms. The van der Waals surface area contributed by atoms with E-state index in [2.05, 4.69) is 27.7 Å². The van der Waals surface area contributed by atoms with E-state index in [1.54, 1.807) is 6.07 Å². The number of hydrogen-bond donors (Lipinski definition) is 1. The third-order valence-corrected chi connectivity index (χ3v) is 6.91. The molecule has 3 nitrogen and oxygen atoms in total. The molecule has 0 aliphatic carbocycles. The molecule has 0 radical (unpaired) electrons. The summed E-state index contributed by atoms with van der Waals surface area (Å²) in [5.41, 5.74) is 3.99. The molecule has 0 aliphatic heterocycles. The van der Waals surface area contributed by atoms with Crippen molar-refractivity contribution in [2.75, 3.05) is 0 Å². The molecule has 0 atom stereocenters. The van der Waals surface area contributed by atoms with Gasteiger partial charge < -0.3 is 0 Å². The molecule has 0 fully saturated rings. The molecule has 1 rings (SSSR count). The highest BCUT2D eigenvalue weighted by atomic mass is 32.2. The van der Waals surface area contributed by atoms with Crippen LogP contribution in [0.4, 0.5) is 0 Å². The fourth-order valence-corrected chi connectivity index (χ4v) is 6.25. The van der Waals surface area contributed by atoms with Gasteiger partial charge in [0.1, 0.15) is 0 Å². The van der Waals surface area contributed by atoms with Crippen molar-refractivity contribution >= 4 is 24.8 Å². The Labute approximate surface area is 125 Å². The maximum absolute atomic E-state index is 11.7. The average Bonchev–Trinajstić information content (AvgIpc) is 2.35. The summed E-state index contributed by atoms with van der Waals surface area (Å²) in [4.78, 5) is 0.170. The third-order valence-electron chi connectivity index (χ3n) is 3.70. The van der Waals surface area contributed by atoms with Crippen molar-refractivity contribution in [1.82, 2.24) is 0 Å². The molecule has 1 aromatic rings. The van der Waals surface area contributed by atoms with Crippen LogP contribution in [0.1, 0.15) is 51.3 Å². The number of aryl methyl sites for hydroxylation is 1. The van der Waals surface area contributed by atoms with Crippen LogP contribution in [0.25, 0.3) is 0 Å². The summed E-state index contributed by atoms with van der Waals surface area (Å²) in [6, 6.07) is 1.71. The largest absolute Gasteiger partial charge is 0.294 e. The molecule has 0 aromatic heterocycles. The second-order valence-corrected chi connectivity index (χ2v) is 9.74. The van der Waals surface area contributed by atoms with E-state index in [4.69, 9.17) is 0 Å². The van der Waals surface area contributed by atoms with Gasteiger partial charge in [0.2, 0.25) is 0 Å². The first-order valence-corrected chi connectivity index (χ1v) is 10.4. The summed E-state index contributed by atoms with van der Waals surface area (Å²) < 4.78 is 33.1. The fourth-order valence-electron chi connectivity index (χ4n) is 2.90. The van der Waals surface area contributed by atoms with Crippen LogP contribution >= 0.6 is 0 Å². The topological polar surface area (TPSA) is 54.4 Å². The second-order valence-electron chi connectivity index (χ2n) is 5.60. The molecule has 0 amide bonds. The van der Waals surface area contributed by atoms with E-state index >= 15 is 0 Å². The molecular formula is C15H26O3SSi. The number of hydrogen-bond acceptors (Lipinski definition) is 2. The number of benzene rings is 1. The summed E-state index contributed by atoms with van der Waals surface area (Å²) in [5, 5.41) is 0.944. The van der Waals surface area contributed by atoms with Gasteiger partial charge in [-0.05, 0) is 47.2 Å². The quantitative estimate of drug-likeness (QED) is 0.647. The lowest BCUT2D eigenvalue weighted by molar-refractivity contribution is 0.483. The SMILES string of the molecule is CCc1cc(S(=O)(=O)O)c([SiH2]C(C)C)c(CC)c1CC. The summed E-state index contributed by atoms with van der Waals surface area (Å²) in [6.45, 7) is 10.5. The molecule has 0 unspecified atom stereocenters. The maximum atomic E-state index is 11.7. The molecule has 0 aliphatic rings. The zero-order valence-corrected chi connectivity index (χ0v) is 15.4. The van der Waals surface area contributed by atoms with Crippen molar-refractivity contribution in [2.24, 2.45) is 0 Å². The van der Waals surface area contributed by atoms with Gasteiger partial charge in [-0.25, -0.2) is 0 Å². The zero-order chi connectivity index (χ0) is 15.5. The highest BCUT2D eigenvalue weighted by molar-refractivity contribution is 7.86. The van der Waals surface area contributed by atoms with Crippen LogP contribution in [0.15, 0.2) is 11.0 Å². The van der Waals surface area contributed by atoms with Gasteiger partial charge in [-0.15, -0.1) is 0 Å². The molecule has 5 heteroatoms. The van der Waals surface area contributed by atoms with Crippen LogP contribution in [-0.2, 0) is 29.4 Å². The van der Waals surface area contributed by atoms with E-state index in [1.807, 2.05) is 6.92 Å². The Morgan fingerprint density at radius 1 is 1.10 bits per heavy atom. The Morgan fingerprint density at radius 2 is 1.65 bits per heavy atom. The van der Waals surface area contributed by atoms with Gasteiger partial charge in [-0.2, -0.15) is 8.42 Å². The van der Waals surface area contributed by atoms with E-state index in [0.29, 0.717) is 5.54 Å². The van der Waals surface area contributed by atoms with Gasteiger partial charge in [-0.1, -0.05) is 40.2 Å². The van der Waals surface area contributed by atoms with Gasteiger partial charge in [0.15, 0.2) is 0 Å². The summed E-state index contributed by atoms with van der Waals surface area (Å²) in [7, 11) is -4.85. The van der Waals surface area contributed by atoms with Gasteiger partial charge in [0.25, 0.3) is 10.1 Å². The third kappa shape index (κ3) is 3.71. The van der Waals surface area contributed by atoms with E-state index in [9.17, 15) is 13.0 Å². The molecule has 114 valence electrons. The molecule has 1 aromatic carbocycles. The lowest BCUT2D eigenvalue weighted by Crippen LogP contribution is -2.30. The Bertz CT molecular complexity index is 577. The Morgan fingerprint density at radius 3 is 2.00 bits per heavy atom. The van der Waals surface area contributed by atoms with E-state index < -0.39 is 19.6 Å². The van der Waals surface area contributed by atoms with Crippen molar-refractivity contribution < 1.29 is 13.0 Å². The smallest absolute Gasteiger partial charge is 0.282 e. The molecule has 0 heterocycles. The summed E-state index contributed by atoms with van der Waals surface area (Å²) >= 11 is 0. The highest BCUT2D eigenvalue weighted by Gasteiger charge is 2.22. The van der Waals surface area contributed by atoms with Crippen LogP contribution in [0.5, 0.6) is 0 Å². The zero-order valence-electron chi connectivity index (χ0n) is 13.2. The molecule has 20 heavy (non-hydrogen) atoms.